The first-order valence-electron chi connectivity index (χ1n) is 13.3. The Morgan fingerprint density at radius 1 is 0.977 bits per heavy atom. The number of para-hydroxylation sites is 2. The molecule has 0 unspecified atom stereocenters. The van der Waals surface area contributed by atoms with Crippen LogP contribution in [0.1, 0.15) is 5.56 Å². The summed E-state index contributed by atoms with van der Waals surface area (Å²) in [7, 11) is 0. The van der Waals surface area contributed by atoms with Crippen LogP contribution in [0, 0.1) is 0 Å². The lowest BCUT2D eigenvalue weighted by molar-refractivity contribution is -0.116. The predicted octanol–water partition coefficient (Wildman–Crippen LogP) is 7.70. The molecule has 0 aliphatic rings. The topological polar surface area (TPSA) is 94.4 Å². The van der Waals surface area contributed by atoms with Crippen LogP contribution in [-0.4, -0.2) is 26.3 Å². The summed E-state index contributed by atoms with van der Waals surface area (Å²) in [5.41, 5.74) is 3.11. The van der Waals surface area contributed by atoms with Gasteiger partial charge in [0.1, 0.15) is 12.1 Å². The lowest BCUT2D eigenvalue weighted by Crippen LogP contribution is -2.20. The van der Waals surface area contributed by atoms with Crippen molar-refractivity contribution >= 4 is 78.1 Å². The van der Waals surface area contributed by atoms with Crippen LogP contribution in [0.3, 0.4) is 0 Å². The van der Waals surface area contributed by atoms with E-state index < -0.39 is 0 Å². The lowest BCUT2D eigenvalue weighted by Gasteiger charge is -2.07. The number of hydrogen-bond donors (Lipinski definition) is 1. The normalized spacial score (nSPS) is 11.7. The lowest BCUT2D eigenvalue weighted by atomic mass is 10.2. The molecule has 0 atom stereocenters. The Hall–Kier alpha value is -4.99. The molecule has 4 aromatic carbocycles. The Balaban J connectivity index is 1.29. The zero-order valence-corrected chi connectivity index (χ0v) is 24.7. The van der Waals surface area contributed by atoms with Crippen LogP contribution < -0.4 is 10.9 Å². The Kier molecular flexibility index (Phi) is 6.89. The van der Waals surface area contributed by atoms with Gasteiger partial charge in [-0.1, -0.05) is 57.9 Å². The van der Waals surface area contributed by atoms with Gasteiger partial charge in [-0.3, -0.25) is 9.59 Å². The highest BCUT2D eigenvalue weighted by atomic mass is 79.9. The molecule has 8 nitrogen and oxygen atoms in total. The van der Waals surface area contributed by atoms with Gasteiger partial charge < -0.3 is 14.3 Å². The maximum atomic E-state index is 13.7. The van der Waals surface area contributed by atoms with Gasteiger partial charge in [-0.25, -0.2) is 4.98 Å². The first-order chi connectivity index (χ1) is 20.9. The quantitative estimate of drug-likeness (QED) is 0.187. The maximum Gasteiger partial charge on any atom is 0.282 e. The second kappa shape index (κ2) is 11.0. The number of hydrogen-bond acceptors (Lipinski definition) is 5. The van der Waals surface area contributed by atoms with Crippen molar-refractivity contribution in [2.45, 2.75) is 6.54 Å². The summed E-state index contributed by atoms with van der Waals surface area (Å²) in [5, 5.41) is 10.3. The Morgan fingerprint density at radius 3 is 2.58 bits per heavy atom. The Bertz CT molecular complexity index is 2270. The predicted molar refractivity (Wildman–Crippen MR) is 174 cm³/mol. The second-order valence-electron chi connectivity index (χ2n) is 9.89. The highest BCUT2D eigenvalue weighted by Gasteiger charge is 2.17. The molecule has 0 bridgehead atoms. The third kappa shape index (κ3) is 5.24. The van der Waals surface area contributed by atoms with Crippen LogP contribution in [0.4, 0.5) is 5.69 Å². The number of amides is 1. The molecule has 0 saturated carbocycles. The molecule has 3 aromatic heterocycles. The number of halogens is 2. The van der Waals surface area contributed by atoms with Crippen molar-refractivity contribution in [3.63, 3.8) is 0 Å². The van der Waals surface area contributed by atoms with Gasteiger partial charge in [0.25, 0.3) is 5.56 Å². The summed E-state index contributed by atoms with van der Waals surface area (Å²) in [6, 6.07) is 29.3. The van der Waals surface area contributed by atoms with E-state index in [9.17, 15) is 9.59 Å². The van der Waals surface area contributed by atoms with Gasteiger partial charge >= 0.3 is 0 Å². The van der Waals surface area contributed by atoms with Crippen molar-refractivity contribution in [3.8, 4) is 11.6 Å². The van der Waals surface area contributed by atoms with Crippen molar-refractivity contribution in [3.05, 3.63) is 129 Å². The Labute approximate surface area is 258 Å². The molecule has 1 N–H and O–H groups in total. The molecule has 0 fully saturated rings. The van der Waals surface area contributed by atoms with Crippen molar-refractivity contribution in [1.29, 1.82) is 0 Å². The SMILES string of the molecule is O=C(Cn1cc(C=Nn2c(-c3cc4cc(Br)ccc4o3)nc3ccccc3c2=O)c2ccccc21)Nc1ccc(Cl)cc1. The minimum Gasteiger partial charge on any atom is -0.453 e. The van der Waals surface area contributed by atoms with E-state index in [0.29, 0.717) is 33.0 Å². The van der Waals surface area contributed by atoms with Crippen LogP contribution in [0.2, 0.25) is 5.02 Å². The van der Waals surface area contributed by atoms with Crippen LogP contribution in [0.25, 0.3) is 44.4 Å². The number of anilines is 1. The van der Waals surface area contributed by atoms with E-state index in [2.05, 4.69) is 26.3 Å². The molecule has 1 amide bonds. The molecule has 0 spiro atoms. The summed E-state index contributed by atoms with van der Waals surface area (Å²) in [4.78, 5) is 31.4. The zero-order chi connectivity index (χ0) is 29.5. The number of carbonyl (C=O) groups excluding carboxylic acids is 1. The highest BCUT2D eigenvalue weighted by molar-refractivity contribution is 9.10. The minimum absolute atomic E-state index is 0.0776. The molecule has 10 heteroatoms. The summed E-state index contributed by atoms with van der Waals surface area (Å²) in [6.45, 7) is 0.0776. The van der Waals surface area contributed by atoms with Gasteiger partial charge in [0.05, 0.1) is 17.1 Å². The average Bonchev–Trinajstić information content (AvgIpc) is 3.59. The second-order valence-corrected chi connectivity index (χ2v) is 11.2. The van der Waals surface area contributed by atoms with Gasteiger partial charge in [-0.2, -0.15) is 9.78 Å². The number of aromatic nitrogens is 3. The smallest absolute Gasteiger partial charge is 0.282 e. The number of benzene rings is 4. The van der Waals surface area contributed by atoms with Crippen LogP contribution in [-0.2, 0) is 11.3 Å². The highest BCUT2D eigenvalue weighted by Crippen LogP contribution is 2.29. The molecule has 0 radical (unpaired) electrons. The van der Waals surface area contributed by atoms with E-state index in [1.165, 1.54) is 4.68 Å². The Morgan fingerprint density at radius 2 is 1.74 bits per heavy atom. The summed E-state index contributed by atoms with van der Waals surface area (Å²) < 4.78 is 10.1. The van der Waals surface area contributed by atoms with Crippen LogP contribution >= 0.6 is 27.5 Å². The number of furan rings is 1. The molecule has 0 saturated heterocycles. The largest absolute Gasteiger partial charge is 0.453 e. The minimum atomic E-state index is -0.329. The molecule has 0 aliphatic heterocycles. The standard InChI is InChI=1S/C33H21BrClN5O3/c34-22-9-14-29-20(15-22)16-30(43-29)32-38-27-7-3-1-6-26(27)33(42)40(32)36-17-21-18-39(28-8-4-2-5-25(21)28)19-31(41)37-24-12-10-23(35)11-13-24/h1-18H,19H2,(H,37,41). The van der Waals surface area contributed by atoms with Gasteiger partial charge in [0.2, 0.25) is 11.7 Å². The van der Waals surface area contributed by atoms with Gasteiger partial charge in [0, 0.05) is 43.2 Å². The molecular weight excluding hydrogens is 630 g/mol. The van der Waals surface area contributed by atoms with E-state index >= 15 is 0 Å². The van der Waals surface area contributed by atoms with Crippen molar-refractivity contribution in [1.82, 2.24) is 14.2 Å². The average molecular weight is 651 g/mol. The van der Waals surface area contributed by atoms with Gasteiger partial charge in [-0.05, 0) is 66.7 Å². The molecule has 7 rings (SSSR count). The zero-order valence-electron chi connectivity index (χ0n) is 22.4. The fourth-order valence-electron chi connectivity index (χ4n) is 5.03. The molecule has 3 heterocycles. The third-order valence-corrected chi connectivity index (χ3v) is 7.77. The van der Waals surface area contributed by atoms with E-state index in [1.54, 1.807) is 48.7 Å². The molecule has 7 aromatic rings. The summed E-state index contributed by atoms with van der Waals surface area (Å²) in [5.74, 6) is 0.494. The van der Waals surface area contributed by atoms with Crippen molar-refractivity contribution < 1.29 is 9.21 Å². The van der Waals surface area contributed by atoms with Gasteiger partial charge in [-0.15, -0.1) is 0 Å². The number of rotatable bonds is 6. The number of nitrogens with zero attached hydrogens (tertiary/aromatic N) is 4. The van der Waals surface area contributed by atoms with Gasteiger partial charge in [0.15, 0.2) is 5.76 Å². The number of fused-ring (bicyclic) bond motifs is 3. The number of nitrogens with one attached hydrogen (secondary N) is 1. The molecular formula is C33H21BrClN5O3. The van der Waals surface area contributed by atoms with Crippen molar-refractivity contribution in [2.24, 2.45) is 5.10 Å². The summed E-state index contributed by atoms with van der Waals surface area (Å²) >= 11 is 9.46. The monoisotopic (exact) mass is 649 g/mol. The van der Waals surface area contributed by atoms with E-state index in [0.717, 1.165) is 26.3 Å². The maximum absolute atomic E-state index is 13.7. The first-order valence-corrected chi connectivity index (χ1v) is 14.5. The summed E-state index contributed by atoms with van der Waals surface area (Å²) in [6.07, 6.45) is 3.45. The fraction of sp³-hybridized carbons (Fsp3) is 0.0303. The van der Waals surface area contributed by atoms with E-state index in [1.807, 2.05) is 65.4 Å². The van der Waals surface area contributed by atoms with Crippen molar-refractivity contribution in [2.75, 3.05) is 5.32 Å². The van der Waals surface area contributed by atoms with E-state index in [4.69, 9.17) is 21.0 Å². The van der Waals surface area contributed by atoms with Crippen LogP contribution in [0.15, 0.2) is 122 Å². The molecule has 0 aliphatic carbocycles. The third-order valence-electron chi connectivity index (χ3n) is 7.03. The fourth-order valence-corrected chi connectivity index (χ4v) is 5.54. The molecule has 43 heavy (non-hydrogen) atoms. The van der Waals surface area contributed by atoms with E-state index in [-0.39, 0.29) is 23.8 Å². The molecule has 210 valence electrons. The van der Waals surface area contributed by atoms with Crippen LogP contribution in [0.5, 0.6) is 0 Å². The first kappa shape index (κ1) is 26.9. The number of carbonyl (C=O) groups is 1.